The molecule has 4 fully saturated rings. The van der Waals surface area contributed by atoms with Crippen LogP contribution < -0.4 is 0 Å². The van der Waals surface area contributed by atoms with Crippen LogP contribution in [0, 0.1) is 82.8 Å². The maximum atomic E-state index is 12.6. The van der Waals surface area contributed by atoms with E-state index in [9.17, 15) is 8.78 Å². The monoisotopic (exact) mass is 939 g/mol. The molecule has 66 heavy (non-hydrogen) atoms. The van der Waals surface area contributed by atoms with E-state index in [0.29, 0.717) is 29.3 Å². The maximum absolute atomic E-state index is 12.6. The Morgan fingerprint density at radius 3 is 0.803 bits per heavy atom. The molecule has 7 rings (SSSR count). The van der Waals surface area contributed by atoms with Crippen LogP contribution >= 0.6 is 0 Å². The molecule has 1 saturated carbocycles. The van der Waals surface area contributed by atoms with Crippen LogP contribution in [-0.4, -0.2) is 44.9 Å². The molecule has 0 amide bonds. The number of aryl methyl sites for hydroxylation is 6. The van der Waals surface area contributed by atoms with E-state index in [1.165, 1.54) is 74.6 Å². The lowest BCUT2D eigenvalue weighted by atomic mass is 9.84. The highest BCUT2D eigenvalue weighted by Crippen LogP contribution is 2.27. The van der Waals surface area contributed by atoms with Crippen molar-refractivity contribution in [1.82, 2.24) is 0 Å². The van der Waals surface area contributed by atoms with E-state index in [1.54, 1.807) is 26.0 Å². The van der Waals surface area contributed by atoms with Crippen molar-refractivity contribution >= 4 is 0 Å². The molecule has 3 saturated heterocycles. The summed E-state index contributed by atoms with van der Waals surface area (Å²) < 4.78 is 46.3. The molecule has 3 heterocycles. The van der Waals surface area contributed by atoms with E-state index >= 15 is 0 Å². The van der Waals surface area contributed by atoms with Gasteiger partial charge in [0.1, 0.15) is 11.6 Å². The molecular formula is C60H116F2O4. The van der Waals surface area contributed by atoms with Gasteiger partial charge >= 0.3 is 0 Å². The Kier molecular flexibility index (Phi) is 56.2. The molecule has 1 aliphatic carbocycles. The first-order chi connectivity index (χ1) is 27.3. The number of halogens is 2. The largest absolute Gasteiger partial charge is 0.378 e. The molecule has 0 N–H and O–H groups in total. The molecule has 6 heteroatoms. The minimum Gasteiger partial charge on any atom is -0.378 e. The summed E-state index contributed by atoms with van der Waals surface area (Å²) in [6.45, 7) is 32.7. The predicted octanol–water partition coefficient (Wildman–Crippen LogP) is 19.8. The number of rotatable bonds is 0. The van der Waals surface area contributed by atoms with Crippen molar-refractivity contribution in [2.75, 3.05) is 26.4 Å². The summed E-state index contributed by atoms with van der Waals surface area (Å²) >= 11 is 0. The first-order valence-electron chi connectivity index (χ1n) is 22.3. The van der Waals surface area contributed by atoms with Crippen LogP contribution in [0.5, 0.6) is 0 Å². The number of hydrogen-bond donors (Lipinski definition) is 0. The highest BCUT2D eigenvalue weighted by Gasteiger charge is 2.15. The summed E-state index contributed by atoms with van der Waals surface area (Å²) in [4.78, 5) is 0. The van der Waals surface area contributed by atoms with Gasteiger partial charge < -0.3 is 18.9 Å². The van der Waals surface area contributed by atoms with E-state index in [2.05, 4.69) is 86.6 Å². The molecule has 0 aromatic heterocycles. The third-order valence-corrected chi connectivity index (χ3v) is 10.9. The Balaban J connectivity index is -0.0000000972. The van der Waals surface area contributed by atoms with Gasteiger partial charge in [-0.25, -0.2) is 8.78 Å². The Hall–Kier alpha value is -2.64. The standard InChI is InChI=1S/2C8H9F.C8H16.C8H10.2C7H14O.C6H12O2.8CH4/c2*1-6-3-4-7(2)8(9)5-6;2*1-7-3-5-8(2)6-4-7;2*1-6-3-4-7(2)8-5-6;1-5-3-7-6(2)8-4-5;;;;;;;;/h2*3-5H,1-2H3;7-8H,3-6H2,1-2H3;3-6H,1-2H3;2*6-7H,3-5H2,1-2H3;5-6H,3-4H2,1-2H3;8*1H4. The van der Waals surface area contributed by atoms with Crippen molar-refractivity contribution in [2.24, 2.45) is 29.6 Å². The Labute approximate surface area is 414 Å². The Morgan fingerprint density at radius 2 is 0.591 bits per heavy atom. The molecule has 4 nitrogen and oxygen atoms in total. The third-order valence-electron chi connectivity index (χ3n) is 10.9. The van der Waals surface area contributed by atoms with Crippen molar-refractivity contribution in [3.05, 3.63) is 106 Å². The number of ether oxygens (including phenoxy) is 4. The summed E-state index contributed by atoms with van der Waals surface area (Å²) in [5.41, 5.74) is 6.02. The fourth-order valence-electron chi connectivity index (χ4n) is 6.18. The molecule has 394 valence electrons. The fourth-order valence-corrected chi connectivity index (χ4v) is 6.18. The normalized spacial score (nSPS) is 23.0. The first-order valence-corrected chi connectivity index (χ1v) is 22.3. The smallest absolute Gasteiger partial charge is 0.154 e. The highest BCUT2D eigenvalue weighted by atomic mass is 19.1. The summed E-state index contributed by atoms with van der Waals surface area (Å²) in [6, 6.07) is 18.9. The van der Waals surface area contributed by atoms with E-state index in [1.807, 2.05) is 32.9 Å². The van der Waals surface area contributed by atoms with Crippen LogP contribution in [0.1, 0.15) is 200 Å². The van der Waals surface area contributed by atoms with Gasteiger partial charge in [0.25, 0.3) is 0 Å². The van der Waals surface area contributed by atoms with Gasteiger partial charge in [0, 0.05) is 19.1 Å². The van der Waals surface area contributed by atoms with E-state index in [4.69, 9.17) is 18.9 Å². The molecule has 4 aliphatic rings. The Bertz CT molecular complexity index is 1260. The Morgan fingerprint density at radius 1 is 0.333 bits per heavy atom. The van der Waals surface area contributed by atoms with Crippen LogP contribution in [0.4, 0.5) is 8.78 Å². The second kappa shape index (κ2) is 46.1. The van der Waals surface area contributed by atoms with Crippen molar-refractivity contribution in [3.8, 4) is 0 Å². The zero-order valence-corrected chi connectivity index (χ0v) is 39.3. The molecule has 0 bridgehead atoms. The minimum atomic E-state index is -0.116. The lowest BCUT2D eigenvalue weighted by Crippen LogP contribution is -2.27. The quantitative estimate of drug-likeness (QED) is 0.225. The van der Waals surface area contributed by atoms with Gasteiger partial charge in [-0.15, -0.1) is 0 Å². The van der Waals surface area contributed by atoms with Gasteiger partial charge in [-0.2, -0.15) is 0 Å². The van der Waals surface area contributed by atoms with Crippen LogP contribution in [0.3, 0.4) is 0 Å². The number of benzene rings is 3. The summed E-state index contributed by atoms with van der Waals surface area (Å²) in [5, 5.41) is 0. The van der Waals surface area contributed by atoms with Gasteiger partial charge in [-0.3, -0.25) is 0 Å². The van der Waals surface area contributed by atoms with E-state index in [-0.39, 0.29) is 77.3 Å². The molecule has 3 aromatic rings. The van der Waals surface area contributed by atoms with Gasteiger partial charge in [0.05, 0.1) is 25.4 Å². The van der Waals surface area contributed by atoms with Crippen molar-refractivity contribution < 1.29 is 27.7 Å². The molecular weight excluding hydrogens is 823 g/mol. The molecule has 4 atom stereocenters. The molecule has 0 radical (unpaired) electrons. The van der Waals surface area contributed by atoms with E-state index in [0.717, 1.165) is 61.2 Å². The van der Waals surface area contributed by atoms with Crippen molar-refractivity contribution in [1.29, 1.82) is 0 Å². The average molecular weight is 940 g/mol. The van der Waals surface area contributed by atoms with Crippen LogP contribution in [0.2, 0.25) is 0 Å². The van der Waals surface area contributed by atoms with Crippen LogP contribution in [0.15, 0.2) is 60.7 Å². The summed E-state index contributed by atoms with van der Waals surface area (Å²) in [5.74, 6) is 3.98. The molecule has 3 aromatic carbocycles. The van der Waals surface area contributed by atoms with Gasteiger partial charge in [0.15, 0.2) is 6.29 Å². The van der Waals surface area contributed by atoms with Gasteiger partial charge in [0.2, 0.25) is 0 Å². The lowest BCUT2D eigenvalue weighted by molar-refractivity contribution is -0.187. The average Bonchev–Trinajstić information content (AvgIpc) is 3.19. The first kappa shape index (κ1) is 80.4. The number of hydrogen-bond acceptors (Lipinski definition) is 4. The van der Waals surface area contributed by atoms with Gasteiger partial charge in [-0.1, -0.05) is 179 Å². The van der Waals surface area contributed by atoms with Crippen LogP contribution in [-0.2, 0) is 18.9 Å². The highest BCUT2D eigenvalue weighted by molar-refractivity contribution is 5.22. The zero-order valence-electron chi connectivity index (χ0n) is 39.3. The third kappa shape index (κ3) is 41.5. The minimum absolute atomic E-state index is 0. The predicted molar refractivity (Wildman–Crippen MR) is 296 cm³/mol. The zero-order chi connectivity index (χ0) is 43.6. The second-order valence-corrected chi connectivity index (χ2v) is 18.0. The maximum Gasteiger partial charge on any atom is 0.154 e. The SMILES string of the molecule is C.C.C.C.C.C.C.C.CC1CCC(C)CC1.CC1CCC(C)OC1.CC1CCC(C)OC1.CC1COC(C)OC1.Cc1ccc(C)c(F)c1.Cc1ccc(C)c(F)c1.Cc1ccc(C)cc1. The summed E-state index contributed by atoms with van der Waals surface area (Å²) in [6.07, 6.45) is 12.2. The van der Waals surface area contributed by atoms with Crippen molar-refractivity contribution in [3.63, 3.8) is 0 Å². The molecule has 3 aliphatic heterocycles. The van der Waals surface area contributed by atoms with Crippen LogP contribution in [0.25, 0.3) is 0 Å². The summed E-state index contributed by atoms with van der Waals surface area (Å²) in [7, 11) is 0. The van der Waals surface area contributed by atoms with Gasteiger partial charge in [-0.05, 0) is 146 Å². The van der Waals surface area contributed by atoms with Crippen molar-refractivity contribution in [2.45, 2.75) is 226 Å². The molecule has 4 unspecified atom stereocenters. The topological polar surface area (TPSA) is 36.9 Å². The molecule has 0 spiro atoms. The second-order valence-electron chi connectivity index (χ2n) is 18.0. The fraction of sp³-hybridized carbons (Fsp3) is 0.700. The van der Waals surface area contributed by atoms with E-state index < -0.39 is 0 Å². The lowest BCUT2D eigenvalue weighted by Gasteiger charge is -2.24.